The molecule has 3 aromatic rings. The minimum absolute atomic E-state index is 0.217. The highest BCUT2D eigenvalue weighted by Crippen LogP contribution is 2.33. The van der Waals surface area contributed by atoms with E-state index in [1.807, 2.05) is 13.0 Å². The lowest BCUT2D eigenvalue weighted by molar-refractivity contribution is 0.102. The largest absolute Gasteiger partial charge is 0.495 e. The molecular formula is C20H17ClFN3O2. The fourth-order valence-corrected chi connectivity index (χ4v) is 2.60. The summed E-state index contributed by atoms with van der Waals surface area (Å²) in [7, 11) is 1.56. The van der Waals surface area contributed by atoms with E-state index >= 15 is 0 Å². The summed E-state index contributed by atoms with van der Waals surface area (Å²) in [5.74, 6) is -0.186. The van der Waals surface area contributed by atoms with E-state index in [4.69, 9.17) is 16.3 Å². The molecule has 138 valence electrons. The zero-order valence-corrected chi connectivity index (χ0v) is 15.5. The number of hydrogen-bond donors (Lipinski definition) is 2. The number of aromatic nitrogens is 1. The second kappa shape index (κ2) is 8.05. The summed E-state index contributed by atoms with van der Waals surface area (Å²) in [6.45, 7) is 1.89. The molecule has 0 saturated heterocycles. The van der Waals surface area contributed by atoms with Gasteiger partial charge in [0, 0.05) is 28.7 Å². The molecule has 5 nitrogen and oxygen atoms in total. The zero-order valence-electron chi connectivity index (χ0n) is 14.7. The zero-order chi connectivity index (χ0) is 19.4. The summed E-state index contributed by atoms with van der Waals surface area (Å²) in [5.41, 5.74) is 2.97. The number of carbonyl (C=O) groups excluding carboxylic acids is 1. The van der Waals surface area contributed by atoms with E-state index in [0.717, 1.165) is 11.3 Å². The molecule has 27 heavy (non-hydrogen) atoms. The third-order valence-corrected chi connectivity index (χ3v) is 4.26. The van der Waals surface area contributed by atoms with Gasteiger partial charge in [-0.15, -0.1) is 0 Å². The van der Waals surface area contributed by atoms with Gasteiger partial charge in [-0.05, 0) is 55.0 Å². The number of rotatable bonds is 5. The number of benzene rings is 2. The highest BCUT2D eigenvalue weighted by Gasteiger charge is 2.11. The molecule has 2 N–H and O–H groups in total. The first-order chi connectivity index (χ1) is 13.0. The first kappa shape index (κ1) is 18.7. The Labute approximate surface area is 161 Å². The van der Waals surface area contributed by atoms with Gasteiger partial charge in [0.25, 0.3) is 5.91 Å². The molecule has 2 aromatic carbocycles. The van der Waals surface area contributed by atoms with Crippen molar-refractivity contribution < 1.29 is 13.9 Å². The molecule has 0 unspecified atom stereocenters. The maximum Gasteiger partial charge on any atom is 0.274 e. The van der Waals surface area contributed by atoms with Crippen molar-refractivity contribution in [1.82, 2.24) is 4.98 Å². The third kappa shape index (κ3) is 4.54. The van der Waals surface area contributed by atoms with Gasteiger partial charge in [-0.2, -0.15) is 0 Å². The average Bonchev–Trinajstić information content (AvgIpc) is 2.66. The fourth-order valence-electron chi connectivity index (χ4n) is 2.45. The lowest BCUT2D eigenvalue weighted by atomic mass is 10.2. The number of carbonyl (C=O) groups is 1. The highest BCUT2D eigenvalue weighted by molar-refractivity contribution is 6.31. The van der Waals surface area contributed by atoms with Gasteiger partial charge in [0.2, 0.25) is 0 Å². The standard InChI is InChI=1S/C20H17ClFN3O2/c1-12-9-17(19(27-2)11-16(12)21)24-15-7-8-23-18(10-15)20(26)25-14-5-3-13(22)4-6-14/h3-11H,1-2H3,(H,23,24)(H,25,26). The van der Waals surface area contributed by atoms with Crippen molar-refractivity contribution in [2.24, 2.45) is 0 Å². The molecule has 1 heterocycles. The Morgan fingerprint density at radius 3 is 2.56 bits per heavy atom. The van der Waals surface area contributed by atoms with Crippen LogP contribution in [0.1, 0.15) is 16.1 Å². The van der Waals surface area contributed by atoms with E-state index in [1.54, 1.807) is 25.3 Å². The van der Waals surface area contributed by atoms with E-state index in [9.17, 15) is 9.18 Å². The van der Waals surface area contributed by atoms with Gasteiger partial charge in [-0.3, -0.25) is 9.78 Å². The summed E-state index contributed by atoms with van der Waals surface area (Å²) in [5, 5.41) is 6.49. The number of nitrogens with one attached hydrogen (secondary N) is 2. The number of halogens is 2. The Bertz CT molecular complexity index is 977. The molecule has 0 radical (unpaired) electrons. The number of methoxy groups -OCH3 is 1. The molecule has 1 amide bonds. The minimum atomic E-state index is -0.399. The number of amides is 1. The van der Waals surface area contributed by atoms with Crippen LogP contribution in [0.15, 0.2) is 54.7 Å². The van der Waals surface area contributed by atoms with Crippen LogP contribution in [0.25, 0.3) is 0 Å². The summed E-state index contributed by atoms with van der Waals surface area (Å²) >= 11 is 6.13. The average molecular weight is 386 g/mol. The van der Waals surface area contributed by atoms with Crippen molar-refractivity contribution in [3.63, 3.8) is 0 Å². The van der Waals surface area contributed by atoms with Crippen LogP contribution < -0.4 is 15.4 Å². The molecule has 0 aliphatic carbocycles. The maximum atomic E-state index is 13.0. The van der Waals surface area contributed by atoms with Crippen molar-refractivity contribution >= 4 is 34.6 Å². The van der Waals surface area contributed by atoms with Crippen LogP contribution in [0.2, 0.25) is 5.02 Å². The second-order valence-electron chi connectivity index (χ2n) is 5.82. The van der Waals surface area contributed by atoms with Gasteiger partial charge >= 0.3 is 0 Å². The third-order valence-electron chi connectivity index (χ3n) is 3.85. The number of aryl methyl sites for hydroxylation is 1. The molecule has 0 aliphatic heterocycles. The monoisotopic (exact) mass is 385 g/mol. The number of pyridine rings is 1. The van der Waals surface area contributed by atoms with Gasteiger partial charge in [0.15, 0.2) is 0 Å². The molecule has 0 atom stereocenters. The molecule has 7 heteroatoms. The van der Waals surface area contributed by atoms with Crippen LogP contribution >= 0.6 is 11.6 Å². The van der Waals surface area contributed by atoms with Gasteiger partial charge in [0.1, 0.15) is 17.3 Å². The highest BCUT2D eigenvalue weighted by atomic mass is 35.5. The van der Waals surface area contributed by atoms with Gasteiger partial charge in [0.05, 0.1) is 12.8 Å². The minimum Gasteiger partial charge on any atom is -0.495 e. The van der Waals surface area contributed by atoms with Crippen LogP contribution in [0, 0.1) is 12.7 Å². The lowest BCUT2D eigenvalue weighted by Crippen LogP contribution is -2.13. The molecular weight excluding hydrogens is 369 g/mol. The van der Waals surface area contributed by atoms with Crippen LogP contribution in [0.3, 0.4) is 0 Å². The number of ether oxygens (including phenoxy) is 1. The van der Waals surface area contributed by atoms with E-state index in [-0.39, 0.29) is 11.5 Å². The Morgan fingerprint density at radius 1 is 1.11 bits per heavy atom. The van der Waals surface area contributed by atoms with Crippen molar-refractivity contribution in [2.75, 3.05) is 17.7 Å². The smallest absolute Gasteiger partial charge is 0.274 e. The lowest BCUT2D eigenvalue weighted by Gasteiger charge is -2.13. The van der Waals surface area contributed by atoms with Gasteiger partial charge < -0.3 is 15.4 Å². The first-order valence-corrected chi connectivity index (χ1v) is 8.48. The van der Waals surface area contributed by atoms with Gasteiger partial charge in [-0.25, -0.2) is 4.39 Å². The Morgan fingerprint density at radius 2 is 1.85 bits per heavy atom. The Hall–Kier alpha value is -3.12. The molecule has 0 saturated carbocycles. The van der Waals surface area contributed by atoms with E-state index in [2.05, 4.69) is 15.6 Å². The summed E-state index contributed by atoms with van der Waals surface area (Å²) in [6, 6.07) is 12.4. The van der Waals surface area contributed by atoms with Crippen molar-refractivity contribution in [3.8, 4) is 5.75 Å². The summed E-state index contributed by atoms with van der Waals surface area (Å²) < 4.78 is 18.3. The molecule has 3 rings (SSSR count). The van der Waals surface area contributed by atoms with Crippen LogP contribution in [0.5, 0.6) is 5.75 Å². The van der Waals surface area contributed by atoms with Crippen LogP contribution in [-0.2, 0) is 0 Å². The van der Waals surface area contributed by atoms with E-state index < -0.39 is 5.91 Å². The predicted octanol–water partition coefficient (Wildman–Crippen LogP) is 5.19. The normalized spacial score (nSPS) is 10.4. The second-order valence-corrected chi connectivity index (χ2v) is 6.22. The Balaban J connectivity index is 1.80. The van der Waals surface area contributed by atoms with Gasteiger partial charge in [-0.1, -0.05) is 11.6 Å². The molecule has 0 bridgehead atoms. The number of nitrogens with zero attached hydrogens (tertiary/aromatic N) is 1. The van der Waals surface area contributed by atoms with Crippen molar-refractivity contribution in [3.05, 3.63) is 76.8 Å². The fraction of sp³-hybridized carbons (Fsp3) is 0.100. The van der Waals surface area contributed by atoms with E-state index in [0.29, 0.717) is 22.1 Å². The van der Waals surface area contributed by atoms with Crippen molar-refractivity contribution in [2.45, 2.75) is 6.92 Å². The molecule has 0 spiro atoms. The van der Waals surface area contributed by atoms with Crippen LogP contribution in [0.4, 0.5) is 21.5 Å². The predicted molar refractivity (Wildman–Crippen MR) is 105 cm³/mol. The maximum absolute atomic E-state index is 13.0. The van der Waals surface area contributed by atoms with Crippen LogP contribution in [-0.4, -0.2) is 18.0 Å². The topological polar surface area (TPSA) is 63.2 Å². The molecule has 0 fully saturated rings. The summed E-state index contributed by atoms with van der Waals surface area (Å²) in [4.78, 5) is 16.5. The SMILES string of the molecule is COc1cc(Cl)c(C)cc1Nc1ccnc(C(=O)Nc2ccc(F)cc2)c1. The molecule has 1 aromatic heterocycles. The summed E-state index contributed by atoms with van der Waals surface area (Å²) in [6.07, 6.45) is 1.52. The number of anilines is 3. The number of hydrogen-bond acceptors (Lipinski definition) is 4. The Kier molecular flexibility index (Phi) is 5.57. The van der Waals surface area contributed by atoms with Crippen molar-refractivity contribution in [1.29, 1.82) is 0 Å². The van der Waals surface area contributed by atoms with E-state index in [1.165, 1.54) is 30.5 Å². The quantitative estimate of drug-likeness (QED) is 0.634. The molecule has 0 aliphatic rings. The first-order valence-electron chi connectivity index (χ1n) is 8.10.